The molecule has 0 saturated heterocycles. The Kier molecular flexibility index (Phi) is 4.38. The van der Waals surface area contributed by atoms with Crippen molar-refractivity contribution >= 4 is 22.5 Å². The molecule has 0 aliphatic rings. The van der Waals surface area contributed by atoms with Gasteiger partial charge in [0.1, 0.15) is 5.69 Å². The number of aromatic nitrogens is 2. The molecule has 0 radical (unpaired) electrons. The van der Waals surface area contributed by atoms with Crippen LogP contribution in [0.25, 0.3) is 22.2 Å². The summed E-state index contributed by atoms with van der Waals surface area (Å²) in [4.78, 5) is 12.3. The summed E-state index contributed by atoms with van der Waals surface area (Å²) in [5.74, 6) is -0.0666. The van der Waals surface area contributed by atoms with Gasteiger partial charge in [-0.15, -0.1) is 0 Å². The highest BCUT2D eigenvalue weighted by atomic mass is 16.1. The van der Waals surface area contributed by atoms with Crippen molar-refractivity contribution in [3.8, 4) is 11.3 Å². The van der Waals surface area contributed by atoms with E-state index in [-0.39, 0.29) is 17.4 Å². The Bertz CT molecular complexity index is 902. The number of nitrogens with one attached hydrogen (secondary N) is 1. The maximum atomic E-state index is 12.3. The Labute approximate surface area is 148 Å². The predicted molar refractivity (Wildman–Crippen MR) is 104 cm³/mol. The third-order valence-electron chi connectivity index (χ3n) is 4.17. The van der Waals surface area contributed by atoms with E-state index in [9.17, 15) is 4.79 Å². The van der Waals surface area contributed by atoms with Crippen molar-refractivity contribution < 1.29 is 4.79 Å². The Morgan fingerprint density at radius 2 is 1.72 bits per heavy atom. The highest BCUT2D eigenvalue weighted by Crippen LogP contribution is 2.36. The molecule has 1 N–H and O–H groups in total. The topological polar surface area (TPSA) is 46.9 Å². The fourth-order valence-corrected chi connectivity index (χ4v) is 2.86. The van der Waals surface area contributed by atoms with E-state index >= 15 is 0 Å². The molecule has 0 bridgehead atoms. The zero-order valence-corrected chi connectivity index (χ0v) is 15.5. The molecule has 1 amide bonds. The van der Waals surface area contributed by atoms with E-state index in [0.717, 1.165) is 27.8 Å². The fourth-order valence-electron chi connectivity index (χ4n) is 2.86. The van der Waals surface area contributed by atoms with Gasteiger partial charge >= 0.3 is 0 Å². The number of carbonyl (C=O) groups is 1. The van der Waals surface area contributed by atoms with E-state index in [1.807, 2.05) is 48.9 Å². The summed E-state index contributed by atoms with van der Waals surface area (Å²) < 4.78 is 2.04. The number of fused-ring (bicyclic) bond motifs is 1. The fraction of sp³-hybridized carbons (Fsp3) is 0.333. The third-order valence-corrected chi connectivity index (χ3v) is 4.17. The van der Waals surface area contributed by atoms with Crippen LogP contribution < -0.4 is 5.32 Å². The molecule has 130 valence electrons. The van der Waals surface area contributed by atoms with E-state index in [1.165, 1.54) is 0 Å². The molecule has 0 spiro atoms. The minimum absolute atomic E-state index is 0.00928. The largest absolute Gasteiger partial charge is 0.325 e. The summed E-state index contributed by atoms with van der Waals surface area (Å²) in [6, 6.07) is 16.1. The van der Waals surface area contributed by atoms with Gasteiger partial charge in [-0.05, 0) is 32.9 Å². The number of carbonyl (C=O) groups excluding carboxylic acids is 1. The van der Waals surface area contributed by atoms with E-state index in [4.69, 9.17) is 5.10 Å². The van der Waals surface area contributed by atoms with Crippen LogP contribution in [-0.2, 0) is 10.3 Å². The molecule has 0 unspecified atom stereocenters. The van der Waals surface area contributed by atoms with Crippen LogP contribution in [0.1, 0.15) is 34.6 Å². The summed E-state index contributed by atoms with van der Waals surface area (Å²) >= 11 is 0. The minimum atomic E-state index is -0.161. The zero-order chi connectivity index (χ0) is 18.2. The summed E-state index contributed by atoms with van der Waals surface area (Å²) in [6.07, 6.45) is 0. The van der Waals surface area contributed by atoms with E-state index in [2.05, 4.69) is 44.3 Å². The molecule has 3 rings (SSSR count). The van der Waals surface area contributed by atoms with Gasteiger partial charge in [0.05, 0.1) is 22.1 Å². The van der Waals surface area contributed by atoms with Gasteiger partial charge in [0.15, 0.2) is 0 Å². The van der Waals surface area contributed by atoms with Gasteiger partial charge in [-0.2, -0.15) is 5.10 Å². The Hall–Kier alpha value is -2.62. The number of amides is 1. The summed E-state index contributed by atoms with van der Waals surface area (Å²) in [6.45, 7) is 10.2. The van der Waals surface area contributed by atoms with Crippen molar-refractivity contribution in [1.82, 2.24) is 9.78 Å². The molecule has 2 aromatic carbocycles. The molecule has 3 aromatic rings. The van der Waals surface area contributed by atoms with Gasteiger partial charge in [0, 0.05) is 11.5 Å². The molecule has 25 heavy (non-hydrogen) atoms. The van der Waals surface area contributed by atoms with Crippen LogP contribution in [0.15, 0.2) is 48.5 Å². The van der Waals surface area contributed by atoms with Crippen molar-refractivity contribution in [3.05, 3.63) is 48.5 Å². The second-order valence-corrected chi connectivity index (χ2v) is 7.64. The van der Waals surface area contributed by atoms with Crippen LogP contribution in [-0.4, -0.2) is 15.7 Å². The summed E-state index contributed by atoms with van der Waals surface area (Å²) in [5, 5.41) is 8.96. The normalized spacial score (nSPS) is 11.9. The zero-order valence-electron chi connectivity index (χ0n) is 15.5. The van der Waals surface area contributed by atoms with Crippen molar-refractivity contribution in [2.75, 3.05) is 5.32 Å². The molecule has 1 heterocycles. The van der Waals surface area contributed by atoms with Gasteiger partial charge < -0.3 is 5.32 Å². The highest BCUT2D eigenvalue weighted by molar-refractivity contribution is 6.07. The summed E-state index contributed by atoms with van der Waals surface area (Å²) in [7, 11) is 0. The van der Waals surface area contributed by atoms with Crippen molar-refractivity contribution in [3.63, 3.8) is 0 Å². The average molecular weight is 335 g/mol. The van der Waals surface area contributed by atoms with Crippen LogP contribution in [0.3, 0.4) is 0 Å². The van der Waals surface area contributed by atoms with Crippen molar-refractivity contribution in [2.45, 2.75) is 40.2 Å². The SMILES string of the molecule is CC(C)C(=O)Nc1cccc2c1c(-c1ccccc1)nn2C(C)(C)C. The monoisotopic (exact) mass is 335 g/mol. The summed E-state index contributed by atoms with van der Waals surface area (Å²) in [5.41, 5.74) is 3.61. The lowest BCUT2D eigenvalue weighted by molar-refractivity contribution is -0.118. The van der Waals surface area contributed by atoms with Crippen LogP contribution in [0, 0.1) is 5.92 Å². The van der Waals surface area contributed by atoms with Crippen LogP contribution in [0.4, 0.5) is 5.69 Å². The third kappa shape index (κ3) is 3.29. The van der Waals surface area contributed by atoms with E-state index in [0.29, 0.717) is 0 Å². The van der Waals surface area contributed by atoms with Crippen molar-refractivity contribution in [2.24, 2.45) is 5.92 Å². The standard InChI is InChI=1S/C21H25N3O/c1-14(2)20(25)22-16-12-9-13-17-18(16)19(15-10-7-6-8-11-15)23-24(17)21(3,4)5/h6-14H,1-5H3,(H,22,25). The maximum absolute atomic E-state index is 12.3. The highest BCUT2D eigenvalue weighted by Gasteiger charge is 2.23. The lowest BCUT2D eigenvalue weighted by Crippen LogP contribution is -2.23. The van der Waals surface area contributed by atoms with E-state index < -0.39 is 0 Å². The van der Waals surface area contributed by atoms with Crippen LogP contribution in [0.2, 0.25) is 0 Å². The lowest BCUT2D eigenvalue weighted by Gasteiger charge is -2.20. The Morgan fingerprint density at radius 3 is 2.32 bits per heavy atom. The Morgan fingerprint density at radius 1 is 1.04 bits per heavy atom. The molecule has 4 nitrogen and oxygen atoms in total. The van der Waals surface area contributed by atoms with Gasteiger partial charge in [0.25, 0.3) is 0 Å². The first-order chi connectivity index (χ1) is 11.8. The predicted octanol–water partition coefficient (Wildman–Crippen LogP) is 5.05. The number of rotatable bonds is 3. The first kappa shape index (κ1) is 17.2. The molecular formula is C21H25N3O. The quantitative estimate of drug-likeness (QED) is 0.728. The first-order valence-corrected chi connectivity index (χ1v) is 8.67. The van der Waals surface area contributed by atoms with Gasteiger partial charge in [0.2, 0.25) is 5.91 Å². The molecule has 0 saturated carbocycles. The first-order valence-electron chi connectivity index (χ1n) is 8.67. The van der Waals surface area contributed by atoms with Crippen LogP contribution in [0.5, 0.6) is 0 Å². The molecule has 0 aliphatic heterocycles. The van der Waals surface area contributed by atoms with Crippen molar-refractivity contribution in [1.29, 1.82) is 0 Å². The second kappa shape index (κ2) is 6.36. The van der Waals surface area contributed by atoms with Gasteiger partial charge in [-0.1, -0.05) is 50.2 Å². The van der Waals surface area contributed by atoms with E-state index in [1.54, 1.807) is 0 Å². The second-order valence-electron chi connectivity index (χ2n) is 7.64. The molecular weight excluding hydrogens is 310 g/mol. The molecule has 4 heteroatoms. The number of hydrogen-bond acceptors (Lipinski definition) is 2. The van der Waals surface area contributed by atoms with Gasteiger partial charge in [-0.25, -0.2) is 0 Å². The molecule has 1 aromatic heterocycles. The molecule has 0 atom stereocenters. The number of benzene rings is 2. The smallest absolute Gasteiger partial charge is 0.226 e. The number of nitrogens with zero attached hydrogens (tertiary/aromatic N) is 2. The minimum Gasteiger partial charge on any atom is -0.325 e. The molecule has 0 aliphatic carbocycles. The van der Waals surface area contributed by atoms with Gasteiger partial charge in [-0.3, -0.25) is 9.48 Å². The lowest BCUT2D eigenvalue weighted by atomic mass is 10.0. The number of anilines is 1. The maximum Gasteiger partial charge on any atom is 0.226 e. The number of hydrogen-bond donors (Lipinski definition) is 1. The molecule has 0 fully saturated rings. The average Bonchev–Trinajstić information content (AvgIpc) is 2.96. The van der Waals surface area contributed by atoms with Crippen LogP contribution >= 0.6 is 0 Å². The Balaban J connectivity index is 2.29.